The number of methoxy groups -OCH3 is 1. The molecule has 32 heavy (non-hydrogen) atoms. The average Bonchev–Trinajstić information content (AvgIpc) is 3.39. The van der Waals surface area contributed by atoms with Crippen LogP contribution in [0.15, 0.2) is 34.8 Å². The number of amides is 2. The molecule has 12 heteroatoms. The molecule has 1 N–H and O–H groups in total. The smallest absolute Gasteiger partial charge is 0.338 e. The number of hydrogen-bond donors (Lipinski definition) is 1. The Hall–Kier alpha value is -2.54. The summed E-state index contributed by atoms with van der Waals surface area (Å²) in [5, 5.41) is 4.97. The van der Waals surface area contributed by atoms with Gasteiger partial charge in [0.1, 0.15) is 0 Å². The molecule has 0 radical (unpaired) electrons. The lowest BCUT2D eigenvalue weighted by Crippen LogP contribution is -2.20. The van der Waals surface area contributed by atoms with Gasteiger partial charge >= 0.3 is 5.97 Å². The molecular weight excluding hydrogens is 472 g/mol. The van der Waals surface area contributed by atoms with Crippen molar-refractivity contribution in [3.63, 3.8) is 0 Å². The van der Waals surface area contributed by atoms with E-state index in [1.807, 2.05) is 10.6 Å². The molecule has 0 saturated carbocycles. The number of fused-ring (bicyclic) bond motifs is 1. The summed E-state index contributed by atoms with van der Waals surface area (Å²) >= 11 is 3.83. The molecule has 3 rings (SSSR count). The van der Waals surface area contributed by atoms with Gasteiger partial charge in [0.25, 0.3) is 5.91 Å². The molecule has 170 valence electrons. The summed E-state index contributed by atoms with van der Waals surface area (Å²) in [4.78, 5) is 45.1. The van der Waals surface area contributed by atoms with E-state index >= 15 is 0 Å². The van der Waals surface area contributed by atoms with Crippen molar-refractivity contribution in [3.8, 4) is 0 Å². The fraction of sp³-hybridized carbons (Fsp3) is 0.350. The van der Waals surface area contributed by atoms with Gasteiger partial charge in [-0.15, -0.1) is 23.1 Å². The zero-order chi connectivity index (χ0) is 22.9. The van der Waals surface area contributed by atoms with Crippen LogP contribution in [-0.2, 0) is 25.6 Å². The molecule has 0 aliphatic carbocycles. The van der Waals surface area contributed by atoms with E-state index in [9.17, 15) is 14.4 Å². The van der Waals surface area contributed by atoms with Gasteiger partial charge in [0, 0.05) is 25.2 Å². The number of benzene rings is 1. The highest BCUT2D eigenvalue weighted by Crippen LogP contribution is 2.20. The summed E-state index contributed by atoms with van der Waals surface area (Å²) in [5.74, 6) is -0.771. The van der Waals surface area contributed by atoms with Gasteiger partial charge in [-0.1, -0.05) is 11.3 Å². The minimum atomic E-state index is -0.395. The van der Waals surface area contributed by atoms with Crippen molar-refractivity contribution in [1.82, 2.24) is 9.55 Å². The Labute approximate surface area is 196 Å². The van der Waals surface area contributed by atoms with E-state index < -0.39 is 5.97 Å². The molecule has 0 saturated heterocycles. The Morgan fingerprint density at radius 2 is 2.12 bits per heavy atom. The molecule has 2 aromatic heterocycles. The van der Waals surface area contributed by atoms with Gasteiger partial charge < -0.3 is 19.4 Å². The third-order valence-corrected chi connectivity index (χ3v) is 6.72. The third kappa shape index (κ3) is 6.48. The number of aromatic nitrogens is 2. The molecule has 3 aromatic rings. The molecule has 2 amide bonds. The number of nitrogens with one attached hydrogen (secondary N) is 1. The van der Waals surface area contributed by atoms with Crippen LogP contribution in [0.5, 0.6) is 0 Å². The summed E-state index contributed by atoms with van der Waals surface area (Å²) in [5.41, 5.74) is 1.29. The second kappa shape index (κ2) is 11.9. The number of thiazole rings is 2. The monoisotopic (exact) mass is 494 g/mol. The van der Waals surface area contributed by atoms with Crippen molar-refractivity contribution in [2.75, 3.05) is 37.1 Å². The first kappa shape index (κ1) is 24.1. The van der Waals surface area contributed by atoms with Gasteiger partial charge in [-0.3, -0.25) is 9.59 Å². The van der Waals surface area contributed by atoms with Gasteiger partial charge in [-0.25, -0.2) is 9.78 Å². The number of hydrogen-bond acceptors (Lipinski definition) is 9. The second-order valence-corrected chi connectivity index (χ2v) is 9.21. The molecule has 0 unspecified atom stereocenters. The van der Waals surface area contributed by atoms with Crippen molar-refractivity contribution < 1.29 is 23.9 Å². The normalized spacial score (nSPS) is 11.6. The van der Waals surface area contributed by atoms with Crippen molar-refractivity contribution in [2.24, 2.45) is 4.99 Å². The number of thioether (sulfide) groups is 1. The van der Waals surface area contributed by atoms with Crippen LogP contribution < -0.4 is 10.1 Å². The van der Waals surface area contributed by atoms with Crippen LogP contribution in [0.3, 0.4) is 0 Å². The van der Waals surface area contributed by atoms with Crippen LogP contribution in [0.25, 0.3) is 10.2 Å². The molecule has 0 aliphatic rings. The Morgan fingerprint density at radius 1 is 1.28 bits per heavy atom. The van der Waals surface area contributed by atoms with E-state index in [1.165, 1.54) is 34.4 Å². The van der Waals surface area contributed by atoms with Crippen LogP contribution >= 0.6 is 34.4 Å². The van der Waals surface area contributed by atoms with Gasteiger partial charge in [-0.2, -0.15) is 4.99 Å². The zero-order valence-corrected chi connectivity index (χ0v) is 20.0. The first-order valence-corrected chi connectivity index (χ1v) is 12.5. The van der Waals surface area contributed by atoms with Crippen LogP contribution in [0, 0.1) is 0 Å². The minimum absolute atomic E-state index is 0.0673. The van der Waals surface area contributed by atoms with E-state index in [0.29, 0.717) is 35.3 Å². The summed E-state index contributed by atoms with van der Waals surface area (Å²) in [6.45, 7) is 3.00. The summed E-state index contributed by atoms with van der Waals surface area (Å²) < 4.78 is 12.9. The quantitative estimate of drug-likeness (QED) is 0.431. The van der Waals surface area contributed by atoms with E-state index in [4.69, 9.17) is 9.47 Å². The highest BCUT2D eigenvalue weighted by Gasteiger charge is 2.13. The average molecular weight is 495 g/mol. The first-order valence-electron chi connectivity index (χ1n) is 9.66. The maximum atomic E-state index is 12.4. The standard InChI is InChI=1S/C20H22N4O5S3/c1-3-29-18(27)13-4-5-14-15(10-13)32-20(24(14)7-8-28-2)23-17(26)12-30-11-16(25)22-19-21-6-9-31-19/h4-6,9-10H,3,7-8,11-12H2,1-2H3,(H,21,22,25). The lowest BCUT2D eigenvalue weighted by Gasteiger charge is -2.05. The van der Waals surface area contributed by atoms with Gasteiger partial charge in [0.15, 0.2) is 9.93 Å². The molecule has 0 spiro atoms. The number of esters is 1. The molecule has 0 fully saturated rings. The number of ether oxygens (including phenoxy) is 2. The van der Waals surface area contributed by atoms with Gasteiger partial charge in [0.2, 0.25) is 5.91 Å². The lowest BCUT2D eigenvalue weighted by molar-refractivity contribution is -0.115. The molecule has 0 atom stereocenters. The molecule has 1 aromatic carbocycles. The van der Waals surface area contributed by atoms with E-state index in [1.54, 1.807) is 37.7 Å². The largest absolute Gasteiger partial charge is 0.462 e. The Morgan fingerprint density at radius 3 is 2.84 bits per heavy atom. The fourth-order valence-electron chi connectivity index (χ4n) is 2.71. The topological polar surface area (TPSA) is 112 Å². The Balaban J connectivity index is 1.73. The van der Waals surface area contributed by atoms with Crippen LogP contribution in [-0.4, -0.2) is 59.2 Å². The zero-order valence-electron chi connectivity index (χ0n) is 17.5. The first-order chi connectivity index (χ1) is 15.5. The number of carbonyl (C=O) groups excluding carboxylic acids is 3. The van der Waals surface area contributed by atoms with E-state index in [0.717, 1.165) is 10.2 Å². The fourth-order valence-corrected chi connectivity index (χ4v) is 4.97. The number of anilines is 1. The molecular formula is C20H22N4O5S3. The lowest BCUT2D eigenvalue weighted by atomic mass is 10.2. The predicted molar refractivity (Wildman–Crippen MR) is 126 cm³/mol. The maximum absolute atomic E-state index is 12.4. The summed E-state index contributed by atoms with van der Waals surface area (Å²) in [6, 6.07) is 5.25. The summed E-state index contributed by atoms with van der Waals surface area (Å²) in [7, 11) is 1.60. The number of carbonyl (C=O) groups is 3. The van der Waals surface area contributed by atoms with Crippen molar-refractivity contribution in [3.05, 3.63) is 40.1 Å². The Kier molecular flexibility index (Phi) is 8.97. The van der Waals surface area contributed by atoms with Crippen LogP contribution in [0.2, 0.25) is 0 Å². The number of rotatable bonds is 10. The number of nitrogens with zero attached hydrogens (tertiary/aromatic N) is 3. The van der Waals surface area contributed by atoms with E-state index in [-0.39, 0.29) is 23.3 Å². The van der Waals surface area contributed by atoms with Gasteiger partial charge in [0.05, 0.1) is 40.5 Å². The predicted octanol–water partition coefficient (Wildman–Crippen LogP) is 2.78. The SMILES string of the molecule is CCOC(=O)c1ccc2c(c1)sc(=NC(=O)CSCC(=O)Nc1nccs1)n2CCOC. The summed E-state index contributed by atoms with van der Waals surface area (Å²) in [6.07, 6.45) is 1.61. The molecule has 0 bridgehead atoms. The van der Waals surface area contributed by atoms with E-state index in [2.05, 4.69) is 15.3 Å². The van der Waals surface area contributed by atoms with Gasteiger partial charge in [-0.05, 0) is 25.1 Å². The molecule has 9 nitrogen and oxygen atoms in total. The van der Waals surface area contributed by atoms with Crippen molar-refractivity contribution >= 4 is 67.6 Å². The highest BCUT2D eigenvalue weighted by atomic mass is 32.2. The highest BCUT2D eigenvalue weighted by molar-refractivity contribution is 8.00. The maximum Gasteiger partial charge on any atom is 0.338 e. The van der Waals surface area contributed by atoms with Crippen LogP contribution in [0.1, 0.15) is 17.3 Å². The minimum Gasteiger partial charge on any atom is -0.462 e. The third-order valence-electron chi connectivity index (χ3n) is 4.07. The molecule has 0 aliphatic heterocycles. The van der Waals surface area contributed by atoms with Crippen LogP contribution in [0.4, 0.5) is 5.13 Å². The van der Waals surface area contributed by atoms with Crippen molar-refractivity contribution in [2.45, 2.75) is 13.5 Å². The van der Waals surface area contributed by atoms with Crippen molar-refractivity contribution in [1.29, 1.82) is 0 Å². The molecule has 2 heterocycles. The Bertz CT molecular complexity index is 1150. The second-order valence-electron chi connectivity index (χ2n) is 6.32.